The lowest BCUT2D eigenvalue weighted by molar-refractivity contribution is -0.234. The quantitative estimate of drug-likeness (QED) is 0.130. The van der Waals surface area contributed by atoms with Crippen LogP contribution >= 0.6 is 0 Å². The number of anilines is 2. The van der Waals surface area contributed by atoms with Crippen LogP contribution in [-0.4, -0.2) is 18.7 Å². The molecule has 1 radical (unpaired) electrons. The molecule has 223 valence electrons. The minimum absolute atomic E-state index is 0.0306. The highest BCUT2D eigenvalue weighted by Gasteiger charge is 2.46. The van der Waals surface area contributed by atoms with Gasteiger partial charge in [0.2, 0.25) is 0 Å². The van der Waals surface area contributed by atoms with Crippen molar-refractivity contribution in [2.24, 2.45) is 17.3 Å². The van der Waals surface area contributed by atoms with Crippen LogP contribution in [0.4, 0.5) is 20.2 Å². The highest BCUT2D eigenvalue weighted by atomic mass is 19.3. The molecule has 2 atom stereocenters. The molecule has 1 saturated carbocycles. The van der Waals surface area contributed by atoms with E-state index in [1.54, 1.807) is 18.2 Å². The fourth-order valence-electron chi connectivity index (χ4n) is 5.76. The van der Waals surface area contributed by atoms with Gasteiger partial charge in [0.15, 0.2) is 0 Å². The Balaban J connectivity index is 1.36. The second-order valence-corrected chi connectivity index (χ2v) is 11.6. The number of carbonyl (C=O) groups is 1. The number of hydrogen-bond acceptors (Lipinski definition) is 5. The van der Waals surface area contributed by atoms with Gasteiger partial charge in [-0.25, -0.2) is 4.79 Å². The van der Waals surface area contributed by atoms with Crippen LogP contribution in [0, 0.1) is 24.2 Å². The van der Waals surface area contributed by atoms with Gasteiger partial charge in [-0.1, -0.05) is 62.6 Å². The van der Waals surface area contributed by atoms with Gasteiger partial charge < -0.3 is 20.9 Å². The monoisotopic (exact) mass is 575 g/mol. The number of benzene rings is 3. The standard InChI is InChI=1S/C35H41F2N2O3/c1-3-28-6-4-5-7-32(28)35(36,37)42-31-19-12-25(13-20-31)14-21-33(40)41-24-34(2,22-26-8-15-29(38)16-9-26)23-27-10-17-30(39)18-11-27/h8-21,28,32H,2-7,22-24,38-39H2,1H3/b21-14+. The molecule has 1 aliphatic carbocycles. The number of halogens is 2. The maximum absolute atomic E-state index is 15.0. The zero-order chi connectivity index (χ0) is 30.2. The van der Waals surface area contributed by atoms with Gasteiger partial charge in [-0.3, -0.25) is 0 Å². The van der Waals surface area contributed by atoms with Gasteiger partial charge in [0.1, 0.15) is 5.75 Å². The number of nitrogen functional groups attached to an aromatic ring is 2. The van der Waals surface area contributed by atoms with Gasteiger partial charge in [-0.2, -0.15) is 8.78 Å². The summed E-state index contributed by atoms with van der Waals surface area (Å²) in [7, 11) is 0. The summed E-state index contributed by atoms with van der Waals surface area (Å²) in [5, 5.41) is 0. The van der Waals surface area contributed by atoms with Gasteiger partial charge in [0, 0.05) is 22.9 Å². The molecule has 0 heterocycles. The summed E-state index contributed by atoms with van der Waals surface area (Å²) in [5.41, 5.74) is 15.1. The van der Waals surface area contributed by atoms with Crippen LogP contribution in [0.1, 0.15) is 55.7 Å². The first-order valence-electron chi connectivity index (χ1n) is 14.6. The van der Waals surface area contributed by atoms with Crippen molar-refractivity contribution in [3.05, 3.63) is 102 Å². The van der Waals surface area contributed by atoms with E-state index >= 15 is 0 Å². The largest absolute Gasteiger partial charge is 0.462 e. The Morgan fingerprint density at radius 2 is 1.45 bits per heavy atom. The topological polar surface area (TPSA) is 87.6 Å². The Labute approximate surface area is 247 Å². The molecule has 7 heteroatoms. The van der Waals surface area contributed by atoms with Crippen molar-refractivity contribution in [1.29, 1.82) is 0 Å². The molecule has 2 unspecified atom stereocenters. The highest BCUT2D eigenvalue weighted by Crippen LogP contribution is 2.43. The maximum Gasteiger partial charge on any atom is 0.400 e. The van der Waals surface area contributed by atoms with Crippen LogP contribution in [0.3, 0.4) is 0 Å². The Morgan fingerprint density at radius 3 is 2.00 bits per heavy atom. The lowest BCUT2D eigenvalue weighted by Crippen LogP contribution is -2.40. The Hall–Kier alpha value is -3.87. The van der Waals surface area contributed by atoms with E-state index in [9.17, 15) is 13.6 Å². The summed E-state index contributed by atoms with van der Waals surface area (Å²) in [5.74, 6) is -1.22. The first-order chi connectivity index (χ1) is 20.0. The van der Waals surface area contributed by atoms with Gasteiger partial charge >= 0.3 is 12.1 Å². The van der Waals surface area contributed by atoms with Crippen LogP contribution in [0.2, 0.25) is 0 Å². The molecule has 4 N–H and O–H groups in total. The van der Waals surface area contributed by atoms with Crippen molar-refractivity contribution in [2.45, 2.75) is 58.0 Å². The average molecular weight is 576 g/mol. The van der Waals surface area contributed by atoms with Crippen LogP contribution in [0.5, 0.6) is 5.75 Å². The molecule has 0 spiro atoms. The smallest absolute Gasteiger partial charge is 0.400 e. The third kappa shape index (κ3) is 8.81. The van der Waals surface area contributed by atoms with Crippen molar-refractivity contribution in [3.8, 4) is 5.75 Å². The van der Waals surface area contributed by atoms with E-state index in [4.69, 9.17) is 20.9 Å². The summed E-state index contributed by atoms with van der Waals surface area (Å²) < 4.78 is 40.7. The molecule has 0 aliphatic heterocycles. The zero-order valence-corrected chi connectivity index (χ0v) is 24.2. The molecule has 0 aromatic heterocycles. The van der Waals surface area contributed by atoms with E-state index in [-0.39, 0.29) is 18.3 Å². The number of carbonyl (C=O) groups excluding carboxylic acids is 1. The molecular formula is C35H41F2N2O3. The van der Waals surface area contributed by atoms with Crippen molar-refractivity contribution in [3.63, 3.8) is 0 Å². The number of hydrogen-bond donors (Lipinski definition) is 2. The van der Waals surface area contributed by atoms with Gasteiger partial charge in [-0.05, 0) is 97.7 Å². The van der Waals surface area contributed by atoms with Crippen LogP contribution < -0.4 is 16.2 Å². The summed E-state index contributed by atoms with van der Waals surface area (Å²) in [6.07, 6.45) is 4.65. The Kier molecular flexibility index (Phi) is 10.3. The summed E-state index contributed by atoms with van der Waals surface area (Å²) in [6, 6.07) is 21.4. The first kappa shape index (κ1) is 31.1. The molecule has 1 fully saturated rings. The predicted octanol–water partition coefficient (Wildman–Crippen LogP) is 7.90. The minimum Gasteiger partial charge on any atom is -0.462 e. The highest BCUT2D eigenvalue weighted by molar-refractivity contribution is 5.87. The van der Waals surface area contributed by atoms with E-state index in [1.165, 1.54) is 18.2 Å². The molecule has 3 aromatic rings. The van der Waals surface area contributed by atoms with Crippen LogP contribution in [0.25, 0.3) is 6.08 Å². The van der Waals surface area contributed by atoms with Gasteiger partial charge in [0.05, 0.1) is 12.5 Å². The van der Waals surface area contributed by atoms with Crippen LogP contribution in [0.15, 0.2) is 78.9 Å². The van der Waals surface area contributed by atoms with E-state index in [0.29, 0.717) is 36.2 Å². The van der Waals surface area contributed by atoms with Crippen molar-refractivity contribution < 1.29 is 23.0 Å². The van der Waals surface area contributed by atoms with E-state index in [2.05, 4.69) is 6.92 Å². The van der Waals surface area contributed by atoms with Gasteiger partial charge in [-0.15, -0.1) is 0 Å². The second-order valence-electron chi connectivity index (χ2n) is 11.6. The molecular weight excluding hydrogens is 534 g/mol. The summed E-state index contributed by atoms with van der Waals surface area (Å²) in [6.45, 7) is 6.49. The Morgan fingerprint density at radius 1 is 0.905 bits per heavy atom. The second kappa shape index (κ2) is 13.9. The fraction of sp³-hybridized carbons (Fsp3) is 0.371. The van der Waals surface area contributed by atoms with E-state index in [0.717, 1.165) is 36.8 Å². The van der Waals surface area contributed by atoms with E-state index < -0.39 is 23.4 Å². The summed E-state index contributed by atoms with van der Waals surface area (Å²) >= 11 is 0. The van der Waals surface area contributed by atoms with Gasteiger partial charge in [0.25, 0.3) is 0 Å². The molecule has 0 bridgehead atoms. The van der Waals surface area contributed by atoms with Crippen molar-refractivity contribution in [2.75, 3.05) is 18.1 Å². The van der Waals surface area contributed by atoms with E-state index in [1.807, 2.05) is 55.5 Å². The molecule has 1 aliphatic rings. The molecule has 0 saturated heterocycles. The minimum atomic E-state index is -3.22. The number of alkyl halides is 2. The zero-order valence-electron chi connectivity index (χ0n) is 24.2. The molecule has 4 rings (SSSR count). The molecule has 5 nitrogen and oxygen atoms in total. The maximum atomic E-state index is 15.0. The van der Waals surface area contributed by atoms with Crippen molar-refractivity contribution >= 4 is 23.4 Å². The number of rotatable bonds is 12. The lowest BCUT2D eigenvalue weighted by Gasteiger charge is -2.35. The number of esters is 1. The predicted molar refractivity (Wildman–Crippen MR) is 165 cm³/mol. The third-order valence-corrected chi connectivity index (χ3v) is 8.05. The summed E-state index contributed by atoms with van der Waals surface area (Å²) in [4.78, 5) is 12.7. The average Bonchev–Trinajstić information content (AvgIpc) is 2.98. The number of nitrogens with two attached hydrogens (primary N) is 2. The molecule has 42 heavy (non-hydrogen) atoms. The SMILES string of the molecule is [CH2]C(COC(=O)/C=C/c1ccc(OC(F)(F)C2CCCCC2CC)cc1)(Cc1ccc(N)cc1)Cc1ccc(N)cc1. The first-order valence-corrected chi connectivity index (χ1v) is 14.6. The number of ether oxygens (including phenoxy) is 2. The Bertz CT molecular complexity index is 1270. The fourth-order valence-corrected chi connectivity index (χ4v) is 5.76. The van der Waals surface area contributed by atoms with Crippen LogP contribution in [-0.2, 0) is 22.4 Å². The van der Waals surface area contributed by atoms with Crippen molar-refractivity contribution in [1.82, 2.24) is 0 Å². The lowest BCUT2D eigenvalue weighted by atomic mass is 9.77. The molecule has 3 aromatic carbocycles. The third-order valence-electron chi connectivity index (χ3n) is 8.05. The normalized spacial score (nSPS) is 17.7. The molecule has 0 amide bonds.